The fourth-order valence-electron chi connectivity index (χ4n) is 3.28. The quantitative estimate of drug-likeness (QED) is 0.546. The van der Waals surface area contributed by atoms with Crippen LogP contribution < -0.4 is 25.0 Å². The van der Waals surface area contributed by atoms with E-state index in [4.69, 9.17) is 21.1 Å². The van der Waals surface area contributed by atoms with Crippen LogP contribution in [0, 0.1) is 0 Å². The largest absolute Gasteiger partial charge is 0.493 e. The molecule has 2 N–H and O–H groups in total. The van der Waals surface area contributed by atoms with Gasteiger partial charge < -0.3 is 25.0 Å². The number of nitrogens with one attached hydrogen (secondary N) is 2. The first-order chi connectivity index (χ1) is 15.5. The fraction of sp³-hybridized carbons (Fsp3) is 0.227. The van der Waals surface area contributed by atoms with Gasteiger partial charge in [-0.25, -0.2) is 4.98 Å². The standard InChI is InChI=1S/C22H21ClN4O4S/c1-30-20-8-14(2-5-19(20)31-11-16-12-32-13-25-16)22(29)26-15-3-4-18(17(23)9-15)27-7-6-24-21(28)10-27/h2-5,8-9,12-13H,6-7,10-11H2,1H3,(H,24,28)(H,26,29). The van der Waals surface area contributed by atoms with Gasteiger partial charge in [-0.3, -0.25) is 9.59 Å². The average molecular weight is 473 g/mol. The van der Waals surface area contributed by atoms with Gasteiger partial charge in [0.25, 0.3) is 5.91 Å². The summed E-state index contributed by atoms with van der Waals surface area (Å²) < 4.78 is 11.1. The Hall–Kier alpha value is -3.30. The Morgan fingerprint density at radius 2 is 2.16 bits per heavy atom. The predicted octanol–water partition coefficient (Wildman–Crippen LogP) is 3.57. The number of amides is 2. The smallest absolute Gasteiger partial charge is 0.255 e. The highest BCUT2D eigenvalue weighted by Crippen LogP contribution is 2.31. The molecule has 166 valence electrons. The maximum Gasteiger partial charge on any atom is 0.255 e. The number of halogens is 1. The number of anilines is 2. The number of benzene rings is 2. The highest BCUT2D eigenvalue weighted by Gasteiger charge is 2.19. The Bertz CT molecular complexity index is 1120. The van der Waals surface area contributed by atoms with E-state index in [1.165, 1.54) is 18.4 Å². The average Bonchev–Trinajstić information content (AvgIpc) is 3.31. The van der Waals surface area contributed by atoms with Gasteiger partial charge in [-0.1, -0.05) is 11.6 Å². The number of hydrogen-bond donors (Lipinski definition) is 2. The zero-order chi connectivity index (χ0) is 22.5. The van der Waals surface area contributed by atoms with Gasteiger partial charge in [-0.2, -0.15) is 0 Å². The van der Waals surface area contributed by atoms with Crippen molar-refractivity contribution in [3.8, 4) is 11.5 Å². The molecule has 1 aliphatic rings. The minimum Gasteiger partial charge on any atom is -0.493 e. The molecule has 8 nitrogen and oxygen atoms in total. The molecular weight excluding hydrogens is 452 g/mol. The second-order valence-corrected chi connectivity index (χ2v) is 8.15. The van der Waals surface area contributed by atoms with Gasteiger partial charge in [0.15, 0.2) is 11.5 Å². The molecule has 0 saturated carbocycles. The lowest BCUT2D eigenvalue weighted by molar-refractivity contribution is -0.120. The van der Waals surface area contributed by atoms with Crippen molar-refractivity contribution in [2.45, 2.75) is 6.61 Å². The van der Waals surface area contributed by atoms with Gasteiger partial charge >= 0.3 is 0 Å². The number of aromatic nitrogens is 1. The van der Waals surface area contributed by atoms with E-state index in [0.717, 1.165) is 11.4 Å². The van der Waals surface area contributed by atoms with Crippen molar-refractivity contribution in [2.75, 3.05) is 37.0 Å². The number of methoxy groups -OCH3 is 1. The second-order valence-electron chi connectivity index (χ2n) is 7.03. The summed E-state index contributed by atoms with van der Waals surface area (Å²) in [6.45, 7) is 1.81. The van der Waals surface area contributed by atoms with Crippen LogP contribution in [-0.4, -0.2) is 43.5 Å². The van der Waals surface area contributed by atoms with Crippen LogP contribution in [0.15, 0.2) is 47.3 Å². The topological polar surface area (TPSA) is 92.8 Å². The number of piperazine rings is 1. The molecule has 1 aromatic heterocycles. The maximum atomic E-state index is 12.8. The highest BCUT2D eigenvalue weighted by atomic mass is 35.5. The molecule has 2 amide bonds. The van der Waals surface area contributed by atoms with Crippen molar-refractivity contribution >= 4 is 46.1 Å². The number of nitrogens with zero attached hydrogens (tertiary/aromatic N) is 2. The summed E-state index contributed by atoms with van der Waals surface area (Å²) in [7, 11) is 1.52. The second kappa shape index (κ2) is 9.88. The van der Waals surface area contributed by atoms with Crippen LogP contribution in [0.4, 0.5) is 11.4 Å². The normalized spacial score (nSPS) is 13.4. The van der Waals surface area contributed by atoms with Gasteiger partial charge in [0.05, 0.1) is 35.6 Å². The van der Waals surface area contributed by atoms with E-state index in [1.807, 2.05) is 10.3 Å². The van der Waals surface area contributed by atoms with Gasteiger partial charge in [-0.05, 0) is 36.4 Å². The van der Waals surface area contributed by atoms with Gasteiger partial charge in [0.2, 0.25) is 5.91 Å². The van der Waals surface area contributed by atoms with Gasteiger partial charge in [-0.15, -0.1) is 11.3 Å². The van der Waals surface area contributed by atoms with E-state index >= 15 is 0 Å². The Morgan fingerprint density at radius 1 is 1.28 bits per heavy atom. The zero-order valence-electron chi connectivity index (χ0n) is 17.3. The number of carbonyl (C=O) groups is 2. The summed E-state index contributed by atoms with van der Waals surface area (Å²) in [6.07, 6.45) is 0. The van der Waals surface area contributed by atoms with E-state index in [1.54, 1.807) is 41.9 Å². The Morgan fingerprint density at radius 3 is 2.88 bits per heavy atom. The van der Waals surface area contributed by atoms with Crippen molar-refractivity contribution < 1.29 is 19.1 Å². The van der Waals surface area contributed by atoms with Crippen LogP contribution in [0.1, 0.15) is 16.1 Å². The highest BCUT2D eigenvalue weighted by molar-refractivity contribution is 7.07. The van der Waals surface area contributed by atoms with Crippen LogP contribution in [0.2, 0.25) is 5.02 Å². The first kappa shape index (κ1) is 21.9. The molecule has 1 saturated heterocycles. The van der Waals surface area contributed by atoms with Crippen LogP contribution in [-0.2, 0) is 11.4 Å². The molecule has 32 heavy (non-hydrogen) atoms. The molecule has 0 spiro atoms. The molecule has 4 rings (SSSR count). The lowest BCUT2D eigenvalue weighted by atomic mass is 10.1. The summed E-state index contributed by atoms with van der Waals surface area (Å²) in [6, 6.07) is 10.2. The maximum absolute atomic E-state index is 12.8. The first-order valence-electron chi connectivity index (χ1n) is 9.84. The summed E-state index contributed by atoms with van der Waals surface area (Å²) in [4.78, 5) is 30.5. The van der Waals surface area contributed by atoms with Crippen molar-refractivity contribution in [1.29, 1.82) is 0 Å². The number of hydrogen-bond acceptors (Lipinski definition) is 7. The Labute approximate surface area is 194 Å². The van der Waals surface area contributed by atoms with E-state index < -0.39 is 0 Å². The molecule has 1 fully saturated rings. The van der Waals surface area contributed by atoms with Gasteiger partial charge in [0, 0.05) is 29.7 Å². The Kier molecular flexibility index (Phi) is 6.77. The molecule has 2 aromatic carbocycles. The van der Waals surface area contributed by atoms with E-state index in [9.17, 15) is 9.59 Å². The minimum atomic E-state index is -0.310. The summed E-state index contributed by atoms with van der Waals surface area (Å²) in [5, 5.41) is 7.99. The molecule has 1 aliphatic heterocycles. The van der Waals surface area contributed by atoms with Crippen LogP contribution in [0.3, 0.4) is 0 Å². The SMILES string of the molecule is COc1cc(C(=O)Nc2ccc(N3CCNC(=O)C3)c(Cl)c2)ccc1OCc1cscn1. The molecular formula is C22H21ClN4O4S. The van der Waals surface area contributed by atoms with Gasteiger partial charge in [0.1, 0.15) is 6.61 Å². The van der Waals surface area contributed by atoms with E-state index in [2.05, 4.69) is 15.6 Å². The number of carbonyl (C=O) groups excluding carboxylic acids is 2. The van der Waals surface area contributed by atoms with Crippen molar-refractivity contribution in [3.63, 3.8) is 0 Å². The number of ether oxygens (including phenoxy) is 2. The molecule has 0 aliphatic carbocycles. The number of rotatable bonds is 7. The zero-order valence-corrected chi connectivity index (χ0v) is 18.8. The molecule has 2 heterocycles. The predicted molar refractivity (Wildman–Crippen MR) is 124 cm³/mol. The lowest BCUT2D eigenvalue weighted by Gasteiger charge is -2.29. The van der Waals surface area contributed by atoms with Crippen LogP contribution in [0.5, 0.6) is 11.5 Å². The Balaban J connectivity index is 1.44. The van der Waals surface area contributed by atoms with Crippen molar-refractivity contribution in [2.24, 2.45) is 0 Å². The third-order valence-electron chi connectivity index (χ3n) is 4.87. The fourth-order valence-corrected chi connectivity index (χ4v) is 4.12. The molecule has 10 heteroatoms. The summed E-state index contributed by atoms with van der Waals surface area (Å²) >= 11 is 7.92. The van der Waals surface area contributed by atoms with E-state index in [0.29, 0.717) is 47.5 Å². The van der Waals surface area contributed by atoms with Crippen LogP contribution in [0.25, 0.3) is 0 Å². The first-order valence-corrected chi connectivity index (χ1v) is 11.2. The molecule has 0 atom stereocenters. The molecule has 0 bridgehead atoms. The number of thiazole rings is 1. The van der Waals surface area contributed by atoms with Crippen LogP contribution >= 0.6 is 22.9 Å². The molecule has 3 aromatic rings. The summed E-state index contributed by atoms with van der Waals surface area (Å²) in [5.74, 6) is 0.618. The van der Waals surface area contributed by atoms with Crippen molar-refractivity contribution in [1.82, 2.24) is 10.3 Å². The van der Waals surface area contributed by atoms with Crippen molar-refractivity contribution in [3.05, 3.63) is 63.6 Å². The molecule has 0 radical (unpaired) electrons. The molecule has 0 unspecified atom stereocenters. The third kappa shape index (κ3) is 5.12. The third-order valence-corrected chi connectivity index (χ3v) is 5.81. The summed E-state index contributed by atoms with van der Waals surface area (Å²) in [5.41, 5.74) is 4.28. The minimum absolute atomic E-state index is 0.0438. The monoisotopic (exact) mass is 472 g/mol. The lowest BCUT2D eigenvalue weighted by Crippen LogP contribution is -2.47. The van der Waals surface area contributed by atoms with E-state index in [-0.39, 0.29) is 18.4 Å².